The third kappa shape index (κ3) is 4.78. The van der Waals surface area contributed by atoms with Gasteiger partial charge in [-0.2, -0.15) is 0 Å². The van der Waals surface area contributed by atoms with Crippen molar-refractivity contribution < 1.29 is 17.7 Å². The van der Waals surface area contributed by atoms with Gasteiger partial charge < -0.3 is 14.6 Å². The average molecular weight is 313 g/mol. The van der Waals surface area contributed by atoms with Crippen LogP contribution in [0.3, 0.4) is 0 Å². The minimum absolute atomic E-state index is 0.192. The fourth-order valence-corrected chi connectivity index (χ4v) is 2.95. The number of hydrogen-bond donors (Lipinski definition) is 2. The molecule has 0 aliphatic rings. The Balaban J connectivity index is 1.86. The van der Waals surface area contributed by atoms with E-state index in [9.17, 15) is 8.42 Å². The van der Waals surface area contributed by atoms with E-state index in [4.69, 9.17) is 9.26 Å². The Morgan fingerprint density at radius 3 is 2.86 bits per heavy atom. The Morgan fingerprint density at radius 1 is 1.24 bits per heavy atom. The van der Waals surface area contributed by atoms with E-state index in [-0.39, 0.29) is 5.75 Å². The Labute approximate surface area is 123 Å². The normalized spacial score (nSPS) is 12.0. The van der Waals surface area contributed by atoms with Gasteiger partial charge in [0.05, 0.1) is 6.61 Å². The van der Waals surface area contributed by atoms with Crippen LogP contribution in [0.5, 0.6) is 0 Å². The number of fused-ring (bicyclic) bond motifs is 1. The van der Waals surface area contributed by atoms with Gasteiger partial charge in [-0.25, -0.2) is 13.1 Å². The topological polar surface area (TPSA) is 93.5 Å². The fraction of sp³-hybridized carbons (Fsp3) is 0.462. The first-order chi connectivity index (χ1) is 10.1. The van der Waals surface area contributed by atoms with Gasteiger partial charge in [-0.15, -0.1) is 0 Å². The SMILES string of the molecule is COCCNCCNS(=O)(=O)Cc1noc2ccccc12. The lowest BCUT2D eigenvalue weighted by molar-refractivity contribution is 0.199. The Morgan fingerprint density at radius 2 is 2.05 bits per heavy atom. The summed E-state index contributed by atoms with van der Waals surface area (Å²) < 4.78 is 36.5. The summed E-state index contributed by atoms with van der Waals surface area (Å²) in [4.78, 5) is 0. The van der Waals surface area contributed by atoms with Gasteiger partial charge in [-0.1, -0.05) is 17.3 Å². The smallest absolute Gasteiger partial charge is 0.217 e. The second-order valence-corrected chi connectivity index (χ2v) is 6.33. The van der Waals surface area contributed by atoms with Crippen molar-refractivity contribution in [2.24, 2.45) is 0 Å². The van der Waals surface area contributed by atoms with Crippen molar-refractivity contribution in [1.82, 2.24) is 15.2 Å². The molecule has 1 aromatic carbocycles. The van der Waals surface area contributed by atoms with E-state index in [1.54, 1.807) is 19.2 Å². The van der Waals surface area contributed by atoms with Crippen molar-refractivity contribution in [1.29, 1.82) is 0 Å². The molecule has 0 unspecified atom stereocenters. The molecule has 7 nitrogen and oxygen atoms in total. The molecule has 0 aliphatic heterocycles. The quantitative estimate of drug-likeness (QED) is 0.654. The van der Waals surface area contributed by atoms with Gasteiger partial charge in [-0.05, 0) is 12.1 Å². The van der Waals surface area contributed by atoms with Gasteiger partial charge in [-0.3, -0.25) is 0 Å². The minimum Gasteiger partial charge on any atom is -0.383 e. The zero-order valence-corrected chi connectivity index (χ0v) is 12.6. The highest BCUT2D eigenvalue weighted by molar-refractivity contribution is 7.88. The number of sulfonamides is 1. The number of benzene rings is 1. The summed E-state index contributed by atoms with van der Waals surface area (Å²) in [7, 11) is -1.81. The van der Waals surface area contributed by atoms with Gasteiger partial charge >= 0.3 is 0 Å². The Hall–Kier alpha value is -1.48. The first-order valence-electron chi connectivity index (χ1n) is 6.62. The molecule has 0 fully saturated rings. The van der Waals surface area contributed by atoms with Crippen LogP contribution in [-0.2, 0) is 20.5 Å². The molecule has 8 heteroatoms. The van der Waals surface area contributed by atoms with Gasteiger partial charge in [0.2, 0.25) is 10.0 Å². The van der Waals surface area contributed by atoms with Crippen LogP contribution in [0, 0.1) is 0 Å². The van der Waals surface area contributed by atoms with Crippen molar-refractivity contribution in [3.05, 3.63) is 30.0 Å². The Bertz CT molecular complexity index is 669. The van der Waals surface area contributed by atoms with Crippen molar-refractivity contribution in [3.8, 4) is 0 Å². The Kier molecular flexibility index (Phi) is 5.68. The molecule has 0 atom stereocenters. The summed E-state index contributed by atoms with van der Waals surface area (Å²) in [6.07, 6.45) is 0. The van der Waals surface area contributed by atoms with Crippen LogP contribution < -0.4 is 10.0 Å². The number of methoxy groups -OCH3 is 1. The lowest BCUT2D eigenvalue weighted by Gasteiger charge is -2.06. The van der Waals surface area contributed by atoms with Gasteiger partial charge in [0, 0.05) is 32.1 Å². The zero-order valence-electron chi connectivity index (χ0n) is 11.8. The third-order valence-electron chi connectivity index (χ3n) is 2.89. The molecule has 2 rings (SSSR count). The lowest BCUT2D eigenvalue weighted by atomic mass is 10.2. The van der Waals surface area contributed by atoms with E-state index in [2.05, 4.69) is 15.2 Å². The molecule has 116 valence electrons. The summed E-state index contributed by atoms with van der Waals surface area (Å²) in [5.41, 5.74) is 1.01. The predicted octanol–water partition coefficient (Wildman–Crippen LogP) is 0.483. The van der Waals surface area contributed by atoms with Crippen LogP contribution in [0.15, 0.2) is 28.8 Å². The fourth-order valence-electron chi connectivity index (χ4n) is 1.87. The summed E-state index contributed by atoms with van der Waals surface area (Å²) in [6, 6.07) is 7.19. The standard InChI is InChI=1S/C13H19N3O4S/c1-19-9-8-14-6-7-15-21(17,18)10-12-11-4-2-3-5-13(11)20-16-12/h2-5,14-15H,6-10H2,1H3. The van der Waals surface area contributed by atoms with Gasteiger partial charge in [0.1, 0.15) is 11.4 Å². The number of rotatable bonds is 9. The number of para-hydroxylation sites is 1. The lowest BCUT2D eigenvalue weighted by Crippen LogP contribution is -2.33. The molecule has 0 saturated carbocycles. The maximum atomic E-state index is 12.0. The molecule has 1 aromatic heterocycles. The number of nitrogens with one attached hydrogen (secondary N) is 2. The number of aromatic nitrogens is 1. The summed E-state index contributed by atoms with van der Waals surface area (Å²) in [5.74, 6) is -0.192. The highest BCUT2D eigenvalue weighted by Crippen LogP contribution is 2.19. The molecule has 2 N–H and O–H groups in total. The molecule has 2 aromatic rings. The molecular weight excluding hydrogens is 294 g/mol. The molecule has 21 heavy (non-hydrogen) atoms. The molecular formula is C13H19N3O4S. The van der Waals surface area contributed by atoms with Gasteiger partial charge in [0.25, 0.3) is 0 Å². The van der Waals surface area contributed by atoms with Crippen molar-refractivity contribution in [2.75, 3.05) is 33.4 Å². The molecule has 0 bridgehead atoms. The van der Waals surface area contributed by atoms with E-state index in [1.807, 2.05) is 12.1 Å². The number of nitrogens with zero attached hydrogens (tertiary/aromatic N) is 1. The van der Waals surface area contributed by atoms with Crippen molar-refractivity contribution >= 4 is 21.0 Å². The highest BCUT2D eigenvalue weighted by atomic mass is 32.2. The third-order valence-corrected chi connectivity index (χ3v) is 4.18. The van der Waals surface area contributed by atoms with E-state index in [0.29, 0.717) is 37.5 Å². The summed E-state index contributed by atoms with van der Waals surface area (Å²) in [5, 5.41) is 7.61. The second kappa shape index (κ2) is 7.51. The molecule has 0 saturated heterocycles. The van der Waals surface area contributed by atoms with Crippen LogP contribution in [0.1, 0.15) is 5.69 Å². The molecule has 0 aliphatic carbocycles. The molecule has 0 amide bonds. The first kappa shape index (κ1) is 15.9. The summed E-state index contributed by atoms with van der Waals surface area (Å²) >= 11 is 0. The predicted molar refractivity (Wildman–Crippen MR) is 79.4 cm³/mol. The van der Waals surface area contributed by atoms with Crippen molar-refractivity contribution in [2.45, 2.75) is 5.75 Å². The maximum absolute atomic E-state index is 12.0. The van der Waals surface area contributed by atoms with Crippen LogP contribution in [-0.4, -0.2) is 46.9 Å². The van der Waals surface area contributed by atoms with Crippen molar-refractivity contribution in [3.63, 3.8) is 0 Å². The van der Waals surface area contributed by atoms with Crippen LogP contribution in [0.25, 0.3) is 11.0 Å². The second-order valence-electron chi connectivity index (χ2n) is 4.52. The first-order valence-corrected chi connectivity index (χ1v) is 8.28. The minimum atomic E-state index is -3.43. The van der Waals surface area contributed by atoms with E-state index >= 15 is 0 Å². The van der Waals surface area contributed by atoms with E-state index in [0.717, 1.165) is 5.39 Å². The van der Waals surface area contributed by atoms with E-state index in [1.165, 1.54) is 0 Å². The number of hydrogen-bond acceptors (Lipinski definition) is 6. The summed E-state index contributed by atoms with van der Waals surface area (Å²) in [6.45, 7) is 2.15. The molecule has 1 heterocycles. The highest BCUT2D eigenvalue weighted by Gasteiger charge is 2.16. The van der Waals surface area contributed by atoms with Crippen LogP contribution in [0.2, 0.25) is 0 Å². The largest absolute Gasteiger partial charge is 0.383 e. The average Bonchev–Trinajstić information content (AvgIpc) is 2.85. The van der Waals surface area contributed by atoms with Gasteiger partial charge in [0.15, 0.2) is 5.58 Å². The van der Waals surface area contributed by atoms with Crippen LogP contribution in [0.4, 0.5) is 0 Å². The van der Waals surface area contributed by atoms with Crippen LogP contribution >= 0.6 is 0 Å². The monoisotopic (exact) mass is 313 g/mol. The molecule has 0 radical (unpaired) electrons. The maximum Gasteiger partial charge on any atom is 0.217 e. The van der Waals surface area contributed by atoms with E-state index < -0.39 is 10.0 Å². The molecule has 0 spiro atoms. The zero-order chi connectivity index (χ0) is 15.1. The number of ether oxygens (including phenoxy) is 1.